The molecule has 1 N–H and O–H groups in total. The van der Waals surface area contributed by atoms with Gasteiger partial charge in [0, 0.05) is 31.1 Å². The molecule has 0 saturated carbocycles. The molecule has 0 aliphatic carbocycles. The lowest BCUT2D eigenvalue weighted by Gasteiger charge is -2.25. The lowest BCUT2D eigenvalue weighted by atomic mass is 9.94. The van der Waals surface area contributed by atoms with Crippen molar-refractivity contribution in [3.05, 3.63) is 41.1 Å². The normalized spacial score (nSPS) is 18.1. The fraction of sp³-hybridized carbons (Fsp3) is 0.375. The van der Waals surface area contributed by atoms with E-state index in [4.69, 9.17) is 0 Å². The molecular weight excluding hydrogens is 282 g/mol. The molecule has 1 heterocycles. The zero-order valence-electron chi connectivity index (χ0n) is 13.1. The summed E-state index contributed by atoms with van der Waals surface area (Å²) in [4.78, 5) is 18.7. The third kappa shape index (κ3) is 3.29. The second-order valence-electron chi connectivity index (χ2n) is 5.25. The van der Waals surface area contributed by atoms with E-state index in [9.17, 15) is 4.79 Å². The average molecular weight is 303 g/mol. The van der Waals surface area contributed by atoms with E-state index < -0.39 is 0 Å². The van der Waals surface area contributed by atoms with E-state index in [1.165, 1.54) is 0 Å². The monoisotopic (exact) mass is 303 g/mol. The lowest BCUT2D eigenvalue weighted by Crippen LogP contribution is -2.28. The largest absolute Gasteiger partial charge is 0.378 e. The van der Waals surface area contributed by atoms with Gasteiger partial charge in [-0.05, 0) is 37.8 Å². The predicted molar refractivity (Wildman–Crippen MR) is 91.0 cm³/mol. The molecule has 0 saturated heterocycles. The highest BCUT2D eigenvalue weighted by Gasteiger charge is 2.26. The quantitative estimate of drug-likeness (QED) is 0.932. The van der Waals surface area contributed by atoms with Crippen LogP contribution in [-0.2, 0) is 4.79 Å². The minimum Gasteiger partial charge on any atom is -0.378 e. The van der Waals surface area contributed by atoms with Gasteiger partial charge in [-0.2, -0.15) is 0 Å². The van der Waals surface area contributed by atoms with Crippen LogP contribution in [-0.4, -0.2) is 31.3 Å². The van der Waals surface area contributed by atoms with Crippen molar-refractivity contribution in [2.45, 2.75) is 19.9 Å². The standard InChI is InChI=1S/C16H21N3OS/c1-10-14(11(2)20)15(18-16(17-10)21-5)12-6-8-13(9-7-12)19(3)4/h6-9,15H,1-5H3,(H,17,18)/t15-/m0/s1. The Kier molecular flexibility index (Phi) is 4.73. The Morgan fingerprint density at radius 1 is 1.29 bits per heavy atom. The van der Waals surface area contributed by atoms with E-state index in [1.807, 2.05) is 39.4 Å². The molecule has 0 bridgehead atoms. The number of nitrogens with zero attached hydrogens (tertiary/aromatic N) is 2. The Hall–Kier alpha value is -1.75. The number of anilines is 1. The van der Waals surface area contributed by atoms with Gasteiger partial charge >= 0.3 is 0 Å². The summed E-state index contributed by atoms with van der Waals surface area (Å²) in [5.41, 5.74) is 3.80. The van der Waals surface area contributed by atoms with Crippen LogP contribution in [0.25, 0.3) is 0 Å². The number of carbonyl (C=O) groups is 1. The maximum atomic E-state index is 12.0. The Morgan fingerprint density at radius 3 is 2.38 bits per heavy atom. The number of aliphatic imine (C=N–C) groups is 1. The molecule has 1 aliphatic rings. The summed E-state index contributed by atoms with van der Waals surface area (Å²) in [7, 11) is 4.02. The number of benzene rings is 1. The lowest BCUT2D eigenvalue weighted by molar-refractivity contribution is -0.113. The first-order valence-electron chi connectivity index (χ1n) is 6.82. The van der Waals surface area contributed by atoms with E-state index in [0.29, 0.717) is 0 Å². The Labute approximate surface area is 130 Å². The molecular formula is C16H21N3OS. The van der Waals surface area contributed by atoms with Crippen LogP contribution in [0.15, 0.2) is 40.5 Å². The number of ketones is 1. The molecule has 2 rings (SSSR count). The van der Waals surface area contributed by atoms with Gasteiger partial charge in [0.2, 0.25) is 0 Å². The molecule has 21 heavy (non-hydrogen) atoms. The topological polar surface area (TPSA) is 44.7 Å². The van der Waals surface area contributed by atoms with Crippen LogP contribution < -0.4 is 10.2 Å². The van der Waals surface area contributed by atoms with E-state index in [1.54, 1.807) is 18.7 Å². The number of thioether (sulfide) groups is 1. The van der Waals surface area contributed by atoms with Crippen LogP contribution in [0.3, 0.4) is 0 Å². The van der Waals surface area contributed by atoms with Gasteiger partial charge in [0.25, 0.3) is 0 Å². The average Bonchev–Trinajstić information content (AvgIpc) is 2.45. The molecule has 112 valence electrons. The van der Waals surface area contributed by atoms with E-state index in [0.717, 1.165) is 27.7 Å². The molecule has 0 unspecified atom stereocenters. The van der Waals surface area contributed by atoms with Crippen molar-refractivity contribution >= 4 is 28.4 Å². The second kappa shape index (κ2) is 6.35. The number of Topliss-reactive ketones (excluding diaryl/α,β-unsaturated/α-hetero) is 1. The predicted octanol–water partition coefficient (Wildman–Crippen LogP) is 2.98. The Balaban J connectivity index is 2.44. The molecule has 4 nitrogen and oxygen atoms in total. The van der Waals surface area contributed by atoms with Crippen molar-refractivity contribution in [2.75, 3.05) is 25.3 Å². The van der Waals surface area contributed by atoms with E-state index in [-0.39, 0.29) is 11.8 Å². The summed E-state index contributed by atoms with van der Waals surface area (Å²) in [5, 5.41) is 4.04. The molecule has 0 aromatic heterocycles. The summed E-state index contributed by atoms with van der Waals surface area (Å²) < 4.78 is 0. The zero-order chi connectivity index (χ0) is 15.6. The second-order valence-corrected chi connectivity index (χ2v) is 6.04. The molecule has 1 aliphatic heterocycles. The maximum Gasteiger partial charge on any atom is 0.161 e. The Bertz CT molecular complexity index is 602. The zero-order valence-corrected chi connectivity index (χ0v) is 13.9. The van der Waals surface area contributed by atoms with Gasteiger partial charge in [-0.3, -0.25) is 4.79 Å². The van der Waals surface area contributed by atoms with Crippen LogP contribution in [0.2, 0.25) is 0 Å². The molecule has 0 spiro atoms. The first-order valence-corrected chi connectivity index (χ1v) is 8.04. The van der Waals surface area contributed by atoms with E-state index >= 15 is 0 Å². The van der Waals surface area contributed by atoms with Crippen LogP contribution in [0.1, 0.15) is 25.5 Å². The summed E-state index contributed by atoms with van der Waals surface area (Å²) in [6, 6.07) is 7.98. The molecule has 1 atom stereocenters. The summed E-state index contributed by atoms with van der Waals surface area (Å²) in [6.45, 7) is 3.53. The van der Waals surface area contributed by atoms with Gasteiger partial charge < -0.3 is 10.2 Å². The first kappa shape index (κ1) is 15.6. The number of hydrogen-bond donors (Lipinski definition) is 1. The number of allylic oxidation sites excluding steroid dienone is 1. The van der Waals surface area contributed by atoms with Gasteiger partial charge in [0.15, 0.2) is 11.0 Å². The number of hydrogen-bond acceptors (Lipinski definition) is 5. The van der Waals surface area contributed by atoms with Gasteiger partial charge in [-0.15, -0.1) is 0 Å². The molecule has 0 fully saturated rings. The smallest absolute Gasteiger partial charge is 0.161 e. The maximum absolute atomic E-state index is 12.0. The SMILES string of the molecule is CSC1=N[C@@H](c2ccc(N(C)C)cc2)C(C(C)=O)=C(C)N1. The van der Waals surface area contributed by atoms with Gasteiger partial charge in [0.1, 0.15) is 6.04 Å². The van der Waals surface area contributed by atoms with Crippen molar-refractivity contribution in [2.24, 2.45) is 4.99 Å². The molecule has 0 amide bonds. The van der Waals surface area contributed by atoms with Gasteiger partial charge in [0.05, 0.1) is 0 Å². The van der Waals surface area contributed by atoms with Gasteiger partial charge in [-0.1, -0.05) is 23.9 Å². The van der Waals surface area contributed by atoms with Crippen LogP contribution in [0, 0.1) is 0 Å². The third-order valence-electron chi connectivity index (χ3n) is 3.52. The summed E-state index contributed by atoms with van der Waals surface area (Å²) in [5.74, 6) is 0.0607. The molecule has 0 radical (unpaired) electrons. The highest BCUT2D eigenvalue weighted by atomic mass is 32.2. The van der Waals surface area contributed by atoms with Crippen molar-refractivity contribution < 1.29 is 4.79 Å². The van der Waals surface area contributed by atoms with Crippen LogP contribution >= 0.6 is 11.8 Å². The number of nitrogens with one attached hydrogen (secondary N) is 1. The Morgan fingerprint density at radius 2 is 1.90 bits per heavy atom. The van der Waals surface area contributed by atoms with Gasteiger partial charge in [-0.25, -0.2) is 4.99 Å². The summed E-state index contributed by atoms with van der Waals surface area (Å²) in [6.07, 6.45) is 1.98. The van der Waals surface area contributed by atoms with Crippen molar-refractivity contribution in [3.8, 4) is 0 Å². The minimum atomic E-state index is -0.220. The highest BCUT2D eigenvalue weighted by molar-refractivity contribution is 8.13. The molecule has 5 heteroatoms. The molecule has 1 aromatic carbocycles. The third-order valence-corrected chi connectivity index (χ3v) is 4.11. The first-order chi connectivity index (χ1) is 9.93. The number of carbonyl (C=O) groups excluding carboxylic acids is 1. The minimum absolute atomic E-state index is 0.0607. The highest BCUT2D eigenvalue weighted by Crippen LogP contribution is 2.33. The van der Waals surface area contributed by atoms with Crippen molar-refractivity contribution in [1.82, 2.24) is 5.32 Å². The van der Waals surface area contributed by atoms with Crippen molar-refractivity contribution in [1.29, 1.82) is 0 Å². The van der Waals surface area contributed by atoms with Crippen molar-refractivity contribution in [3.63, 3.8) is 0 Å². The van der Waals surface area contributed by atoms with E-state index in [2.05, 4.69) is 27.3 Å². The fourth-order valence-corrected chi connectivity index (χ4v) is 2.87. The number of amidine groups is 1. The summed E-state index contributed by atoms with van der Waals surface area (Å²) >= 11 is 1.55. The number of rotatable bonds is 3. The fourth-order valence-electron chi connectivity index (χ4n) is 2.40. The van der Waals surface area contributed by atoms with Crippen LogP contribution in [0.4, 0.5) is 5.69 Å². The van der Waals surface area contributed by atoms with Crippen LogP contribution in [0.5, 0.6) is 0 Å². The molecule has 1 aromatic rings.